The monoisotopic (exact) mass is 790 g/mol. The second-order valence-corrected chi connectivity index (χ2v) is 21.5. The molecule has 1 fully saturated rings. The number of methoxy groups -OCH3 is 2. The Hall–Kier alpha value is -3.61. The number of amides is 1. The van der Waals surface area contributed by atoms with Crippen molar-refractivity contribution < 1.29 is 37.6 Å². The molecule has 308 valence electrons. The number of hydrogen-bond acceptors (Lipinski definition) is 9. The normalized spacial score (nSPS) is 18.7. The van der Waals surface area contributed by atoms with Crippen molar-refractivity contribution in [2.75, 3.05) is 71.7 Å². The second-order valence-electron chi connectivity index (χ2n) is 16.0. The number of nitrogens with zero attached hydrogens (tertiary/aromatic N) is 2. The van der Waals surface area contributed by atoms with Gasteiger partial charge in [0.1, 0.15) is 24.7 Å². The van der Waals surface area contributed by atoms with Crippen LogP contribution in [-0.4, -0.2) is 98.3 Å². The van der Waals surface area contributed by atoms with E-state index >= 15 is 0 Å². The molecule has 2 aliphatic rings. The van der Waals surface area contributed by atoms with Crippen molar-refractivity contribution in [2.45, 2.75) is 102 Å². The third-order valence-electron chi connectivity index (χ3n) is 11.5. The molecule has 3 aromatic rings. The summed E-state index contributed by atoms with van der Waals surface area (Å²) in [6.45, 7) is 19.4. The van der Waals surface area contributed by atoms with Gasteiger partial charge in [0.2, 0.25) is 0 Å². The Kier molecular flexibility index (Phi) is 16.5. The Bertz CT molecular complexity index is 1600. The Balaban J connectivity index is 1.37. The number of ether oxygens (including phenoxy) is 6. The lowest BCUT2D eigenvalue weighted by Gasteiger charge is -2.43. The first-order valence-corrected chi connectivity index (χ1v) is 22.7. The molecule has 0 spiro atoms. The molecule has 0 aliphatic carbocycles. The standard InChI is InChI=1S/C45H66N2O8Si/c1-33(2)56(34(3)4,35(5)6)55-26-13-25-51-42-29-47(45(48)54-31-36-14-10-9-11-15-36)30-43(44(42)38-17-19-39(50-8)20-18-38)53-32-37-16-21-41-40(28-37)46(23-27-52-41)22-12-24-49-7/h9-11,14-21,28,33-35,42-44H,12-13,22-27,29-32H2,1-8H3/t42-,43+,44+/m1/s1. The van der Waals surface area contributed by atoms with Gasteiger partial charge in [-0.15, -0.1) is 0 Å². The lowest BCUT2D eigenvalue weighted by Crippen LogP contribution is -2.54. The first-order chi connectivity index (χ1) is 27.1. The van der Waals surface area contributed by atoms with Gasteiger partial charge < -0.3 is 42.6 Å². The zero-order valence-corrected chi connectivity index (χ0v) is 36.0. The van der Waals surface area contributed by atoms with Gasteiger partial charge in [-0.3, -0.25) is 0 Å². The number of fused-ring (bicyclic) bond motifs is 1. The Labute approximate surface area is 336 Å². The van der Waals surface area contributed by atoms with E-state index < -0.39 is 8.32 Å². The number of hydrogen-bond donors (Lipinski definition) is 0. The Morgan fingerprint density at radius 1 is 0.786 bits per heavy atom. The molecule has 56 heavy (non-hydrogen) atoms. The molecule has 2 heterocycles. The van der Waals surface area contributed by atoms with Crippen molar-refractivity contribution in [1.82, 2.24) is 4.90 Å². The molecule has 0 aromatic heterocycles. The first kappa shape index (κ1) is 43.5. The van der Waals surface area contributed by atoms with E-state index in [4.69, 9.17) is 32.8 Å². The molecule has 1 saturated heterocycles. The Morgan fingerprint density at radius 2 is 1.48 bits per heavy atom. The van der Waals surface area contributed by atoms with E-state index in [2.05, 4.69) is 70.7 Å². The van der Waals surface area contributed by atoms with E-state index in [9.17, 15) is 4.79 Å². The number of piperidine rings is 1. The van der Waals surface area contributed by atoms with Gasteiger partial charge in [-0.2, -0.15) is 0 Å². The third-order valence-corrected chi connectivity index (χ3v) is 17.6. The van der Waals surface area contributed by atoms with Crippen LogP contribution in [0, 0.1) is 0 Å². The highest BCUT2D eigenvalue weighted by molar-refractivity contribution is 6.77. The van der Waals surface area contributed by atoms with Crippen molar-refractivity contribution in [3.05, 3.63) is 89.5 Å². The lowest BCUT2D eigenvalue weighted by atomic mass is 9.84. The van der Waals surface area contributed by atoms with Gasteiger partial charge in [0.15, 0.2) is 8.32 Å². The van der Waals surface area contributed by atoms with Gasteiger partial charge >= 0.3 is 6.09 Å². The van der Waals surface area contributed by atoms with Crippen LogP contribution in [0.4, 0.5) is 10.5 Å². The molecule has 5 rings (SSSR count). The molecule has 0 unspecified atom stereocenters. The van der Waals surface area contributed by atoms with Gasteiger partial charge in [-0.25, -0.2) is 4.79 Å². The third kappa shape index (κ3) is 11.1. The Morgan fingerprint density at radius 3 is 2.14 bits per heavy atom. The summed E-state index contributed by atoms with van der Waals surface area (Å²) in [7, 11) is 1.40. The summed E-state index contributed by atoms with van der Waals surface area (Å²) in [6, 6.07) is 24.2. The minimum absolute atomic E-state index is 0.151. The molecule has 2 aliphatic heterocycles. The van der Waals surface area contributed by atoms with Gasteiger partial charge in [-0.1, -0.05) is 90.1 Å². The fourth-order valence-corrected chi connectivity index (χ4v) is 14.3. The van der Waals surface area contributed by atoms with Gasteiger partial charge in [0.25, 0.3) is 0 Å². The summed E-state index contributed by atoms with van der Waals surface area (Å²) in [5.74, 6) is 1.51. The summed E-state index contributed by atoms with van der Waals surface area (Å²) in [5.41, 5.74) is 5.64. The van der Waals surface area contributed by atoms with Crippen molar-refractivity contribution in [2.24, 2.45) is 0 Å². The van der Waals surface area contributed by atoms with Crippen LogP contribution in [0.2, 0.25) is 16.6 Å². The number of anilines is 1. The van der Waals surface area contributed by atoms with E-state index in [0.717, 1.165) is 59.8 Å². The van der Waals surface area contributed by atoms with Crippen molar-refractivity contribution in [1.29, 1.82) is 0 Å². The molecule has 0 saturated carbocycles. The summed E-state index contributed by atoms with van der Waals surface area (Å²) in [4.78, 5) is 17.9. The van der Waals surface area contributed by atoms with E-state index in [1.54, 1.807) is 19.1 Å². The van der Waals surface area contributed by atoms with E-state index in [1.807, 2.05) is 48.5 Å². The van der Waals surface area contributed by atoms with Crippen molar-refractivity contribution >= 4 is 20.1 Å². The second kappa shape index (κ2) is 21.2. The minimum Gasteiger partial charge on any atom is -0.497 e. The highest BCUT2D eigenvalue weighted by Gasteiger charge is 2.45. The fourth-order valence-electron chi connectivity index (χ4n) is 8.79. The fraction of sp³-hybridized carbons (Fsp3) is 0.578. The topological polar surface area (TPSA) is 88.2 Å². The smallest absolute Gasteiger partial charge is 0.410 e. The van der Waals surface area contributed by atoms with Crippen molar-refractivity contribution in [3.8, 4) is 11.5 Å². The summed E-state index contributed by atoms with van der Waals surface area (Å²) in [6.07, 6.45) is 0.584. The molecule has 3 atom stereocenters. The zero-order chi connectivity index (χ0) is 40.1. The average molecular weight is 791 g/mol. The summed E-state index contributed by atoms with van der Waals surface area (Å²) in [5, 5.41) is 0. The molecular weight excluding hydrogens is 725 g/mol. The molecule has 1 amide bonds. The van der Waals surface area contributed by atoms with Crippen LogP contribution in [0.1, 0.15) is 77.0 Å². The number of benzene rings is 3. The maximum absolute atomic E-state index is 13.8. The average Bonchev–Trinajstić information content (AvgIpc) is 3.20. The quantitative estimate of drug-likeness (QED) is 0.0822. The molecule has 11 heteroatoms. The van der Waals surface area contributed by atoms with E-state index in [-0.39, 0.29) is 30.8 Å². The number of carbonyl (C=O) groups is 1. The van der Waals surface area contributed by atoms with E-state index in [0.29, 0.717) is 62.7 Å². The summed E-state index contributed by atoms with van der Waals surface area (Å²) >= 11 is 0. The van der Waals surface area contributed by atoms with Gasteiger partial charge in [0.05, 0.1) is 51.2 Å². The molecule has 10 nitrogen and oxygen atoms in total. The molecular formula is C45H66N2O8Si. The predicted molar refractivity (Wildman–Crippen MR) is 225 cm³/mol. The van der Waals surface area contributed by atoms with Crippen molar-refractivity contribution in [3.63, 3.8) is 0 Å². The molecule has 0 bridgehead atoms. The molecule has 0 radical (unpaired) electrons. The van der Waals surface area contributed by atoms with Crippen LogP contribution < -0.4 is 14.4 Å². The number of rotatable bonds is 20. The van der Waals surface area contributed by atoms with E-state index in [1.165, 1.54) is 0 Å². The van der Waals surface area contributed by atoms with Gasteiger partial charge in [0, 0.05) is 39.4 Å². The summed E-state index contributed by atoms with van der Waals surface area (Å²) < 4.78 is 43.3. The lowest BCUT2D eigenvalue weighted by molar-refractivity contribution is -0.0927. The highest BCUT2D eigenvalue weighted by Crippen LogP contribution is 2.42. The number of carbonyl (C=O) groups excluding carboxylic acids is 1. The van der Waals surface area contributed by atoms with Gasteiger partial charge in [-0.05, 0) is 70.4 Å². The van der Waals surface area contributed by atoms with Crippen LogP contribution in [0.25, 0.3) is 0 Å². The largest absolute Gasteiger partial charge is 0.497 e. The first-order valence-electron chi connectivity index (χ1n) is 20.5. The highest BCUT2D eigenvalue weighted by atomic mass is 28.4. The SMILES string of the molecule is COCCCN1CCOc2ccc(CO[C@H]3CN(C(=O)OCc4ccccc4)C[C@@H](OCCCO[Si](C(C)C)(C(C)C)C(C)C)[C@@H]3c3ccc(OC)cc3)cc21. The minimum atomic E-state index is -2.01. The van der Waals surface area contributed by atoms with Crippen LogP contribution in [-0.2, 0) is 36.6 Å². The van der Waals surface area contributed by atoms with Crippen LogP contribution in [0.5, 0.6) is 11.5 Å². The molecule has 3 aromatic carbocycles. The zero-order valence-electron chi connectivity index (χ0n) is 35.0. The molecule has 0 N–H and O–H groups in total. The van der Waals surface area contributed by atoms with Crippen LogP contribution >= 0.6 is 0 Å². The maximum atomic E-state index is 13.8. The number of likely N-dealkylation sites (tertiary alicyclic amines) is 1. The maximum Gasteiger partial charge on any atom is 0.410 e. The van der Waals surface area contributed by atoms with Crippen LogP contribution in [0.15, 0.2) is 72.8 Å². The predicted octanol–water partition coefficient (Wildman–Crippen LogP) is 9.22. The van der Waals surface area contributed by atoms with Crippen LogP contribution in [0.3, 0.4) is 0 Å².